The highest BCUT2D eigenvalue weighted by atomic mass is 79.9. The third kappa shape index (κ3) is 7.13. The van der Waals surface area contributed by atoms with Gasteiger partial charge in [-0.2, -0.15) is 0 Å². The lowest BCUT2D eigenvalue weighted by Crippen LogP contribution is -2.27. The van der Waals surface area contributed by atoms with Crippen molar-refractivity contribution in [3.8, 4) is 0 Å². The maximum atomic E-state index is 5.79. The standard InChI is InChI=1S/C13H25BrO/c1-5-13(4,15-6-2)10-7-8-12(3)9-11-14/h9H,5-8,10-11H2,1-4H3/b12-9+. The van der Waals surface area contributed by atoms with E-state index in [2.05, 4.69) is 49.7 Å². The van der Waals surface area contributed by atoms with E-state index in [0.29, 0.717) is 0 Å². The molecule has 0 fully saturated rings. The molecular formula is C13H25BrO. The average molecular weight is 277 g/mol. The SMILES string of the molecule is CCOC(C)(CC)CCC/C(C)=C/CBr. The quantitative estimate of drug-likeness (QED) is 0.461. The van der Waals surface area contributed by atoms with Gasteiger partial charge < -0.3 is 4.74 Å². The lowest BCUT2D eigenvalue weighted by molar-refractivity contribution is -0.0348. The van der Waals surface area contributed by atoms with E-state index < -0.39 is 0 Å². The van der Waals surface area contributed by atoms with Gasteiger partial charge >= 0.3 is 0 Å². The van der Waals surface area contributed by atoms with Gasteiger partial charge in [-0.3, -0.25) is 0 Å². The van der Waals surface area contributed by atoms with Crippen molar-refractivity contribution in [2.45, 2.75) is 59.0 Å². The zero-order chi connectivity index (χ0) is 11.7. The van der Waals surface area contributed by atoms with Crippen molar-refractivity contribution in [1.82, 2.24) is 0 Å². The monoisotopic (exact) mass is 276 g/mol. The minimum absolute atomic E-state index is 0.0867. The zero-order valence-electron chi connectivity index (χ0n) is 10.6. The molecule has 0 aliphatic rings. The summed E-state index contributed by atoms with van der Waals surface area (Å²) in [7, 11) is 0. The van der Waals surface area contributed by atoms with E-state index in [4.69, 9.17) is 4.74 Å². The normalized spacial score (nSPS) is 16.5. The Bertz CT molecular complexity index is 189. The molecule has 0 aromatic rings. The molecule has 0 aliphatic carbocycles. The molecule has 0 aromatic carbocycles. The Morgan fingerprint density at radius 1 is 1.40 bits per heavy atom. The summed E-state index contributed by atoms with van der Waals surface area (Å²) in [6.45, 7) is 9.52. The molecular weight excluding hydrogens is 252 g/mol. The van der Waals surface area contributed by atoms with Crippen LogP contribution >= 0.6 is 15.9 Å². The van der Waals surface area contributed by atoms with Gasteiger partial charge in [0.25, 0.3) is 0 Å². The van der Waals surface area contributed by atoms with E-state index in [0.717, 1.165) is 24.8 Å². The fourth-order valence-corrected chi connectivity index (χ4v) is 2.23. The van der Waals surface area contributed by atoms with E-state index in [9.17, 15) is 0 Å². The summed E-state index contributed by atoms with van der Waals surface area (Å²) in [6.07, 6.45) is 6.91. The Balaban J connectivity index is 3.86. The van der Waals surface area contributed by atoms with E-state index in [1.54, 1.807) is 0 Å². The zero-order valence-corrected chi connectivity index (χ0v) is 12.2. The van der Waals surface area contributed by atoms with Gasteiger partial charge in [0, 0.05) is 11.9 Å². The molecule has 0 saturated carbocycles. The lowest BCUT2D eigenvalue weighted by Gasteiger charge is -2.28. The highest BCUT2D eigenvalue weighted by Gasteiger charge is 2.21. The molecule has 0 aliphatic heterocycles. The second-order valence-electron chi connectivity index (χ2n) is 4.29. The minimum atomic E-state index is 0.0867. The van der Waals surface area contributed by atoms with Crippen molar-refractivity contribution >= 4 is 15.9 Å². The van der Waals surface area contributed by atoms with Gasteiger partial charge in [-0.15, -0.1) is 0 Å². The van der Waals surface area contributed by atoms with Gasteiger partial charge in [-0.05, 0) is 46.5 Å². The van der Waals surface area contributed by atoms with Gasteiger partial charge in [0.2, 0.25) is 0 Å². The van der Waals surface area contributed by atoms with Crippen molar-refractivity contribution in [2.75, 3.05) is 11.9 Å². The molecule has 0 spiro atoms. The van der Waals surface area contributed by atoms with E-state index in [-0.39, 0.29) is 5.60 Å². The second kappa shape index (κ2) is 8.35. The number of halogens is 1. The Labute approximate surface area is 103 Å². The molecule has 1 unspecified atom stereocenters. The Hall–Kier alpha value is 0.180. The van der Waals surface area contributed by atoms with Crippen LogP contribution in [-0.4, -0.2) is 17.5 Å². The maximum Gasteiger partial charge on any atom is 0.0651 e. The topological polar surface area (TPSA) is 9.23 Å². The minimum Gasteiger partial charge on any atom is -0.376 e. The summed E-state index contributed by atoms with van der Waals surface area (Å²) in [5.41, 5.74) is 1.56. The molecule has 1 atom stereocenters. The molecule has 0 rings (SSSR count). The first-order valence-electron chi connectivity index (χ1n) is 5.93. The second-order valence-corrected chi connectivity index (χ2v) is 4.94. The number of ether oxygens (including phenoxy) is 1. The number of alkyl halides is 1. The fraction of sp³-hybridized carbons (Fsp3) is 0.846. The van der Waals surface area contributed by atoms with Crippen molar-refractivity contribution in [3.63, 3.8) is 0 Å². The molecule has 0 aromatic heterocycles. The van der Waals surface area contributed by atoms with E-state index in [1.165, 1.54) is 18.4 Å². The molecule has 0 saturated heterocycles. The van der Waals surface area contributed by atoms with Crippen LogP contribution in [0.15, 0.2) is 11.6 Å². The van der Waals surface area contributed by atoms with E-state index >= 15 is 0 Å². The van der Waals surface area contributed by atoms with Gasteiger partial charge in [-0.1, -0.05) is 34.5 Å². The van der Waals surface area contributed by atoms with Crippen LogP contribution < -0.4 is 0 Å². The molecule has 90 valence electrons. The Kier molecular flexibility index (Phi) is 8.45. The van der Waals surface area contributed by atoms with Crippen molar-refractivity contribution in [1.29, 1.82) is 0 Å². The van der Waals surface area contributed by atoms with Crippen LogP contribution in [0, 0.1) is 0 Å². The number of allylic oxidation sites excluding steroid dienone is 2. The largest absolute Gasteiger partial charge is 0.376 e. The van der Waals surface area contributed by atoms with Crippen LogP contribution in [0.4, 0.5) is 0 Å². The first-order chi connectivity index (χ1) is 7.08. The number of hydrogen-bond donors (Lipinski definition) is 0. The highest BCUT2D eigenvalue weighted by molar-refractivity contribution is 9.09. The third-order valence-corrected chi connectivity index (χ3v) is 3.27. The van der Waals surface area contributed by atoms with Gasteiger partial charge in [0.1, 0.15) is 0 Å². The summed E-state index contributed by atoms with van der Waals surface area (Å²) in [5.74, 6) is 0. The smallest absolute Gasteiger partial charge is 0.0651 e. The molecule has 1 nitrogen and oxygen atoms in total. The summed E-state index contributed by atoms with van der Waals surface area (Å²) in [4.78, 5) is 0. The molecule has 0 bridgehead atoms. The summed E-state index contributed by atoms with van der Waals surface area (Å²) >= 11 is 3.42. The first kappa shape index (κ1) is 15.2. The first-order valence-corrected chi connectivity index (χ1v) is 7.05. The lowest BCUT2D eigenvalue weighted by atomic mass is 9.94. The van der Waals surface area contributed by atoms with E-state index in [1.807, 2.05) is 0 Å². The highest BCUT2D eigenvalue weighted by Crippen LogP contribution is 2.23. The molecule has 0 N–H and O–H groups in total. The predicted octanol–water partition coefficient (Wildman–Crippen LogP) is 4.70. The summed E-state index contributed by atoms with van der Waals surface area (Å²) in [6, 6.07) is 0. The third-order valence-electron chi connectivity index (χ3n) is 2.94. The van der Waals surface area contributed by atoms with Crippen LogP contribution in [0.3, 0.4) is 0 Å². The molecule has 15 heavy (non-hydrogen) atoms. The number of rotatable bonds is 8. The molecule has 2 heteroatoms. The summed E-state index contributed by atoms with van der Waals surface area (Å²) in [5, 5.41) is 0.968. The number of hydrogen-bond acceptors (Lipinski definition) is 1. The molecule has 0 amide bonds. The van der Waals surface area contributed by atoms with Crippen LogP contribution in [0.1, 0.15) is 53.4 Å². The predicted molar refractivity (Wildman–Crippen MR) is 71.7 cm³/mol. The van der Waals surface area contributed by atoms with Crippen molar-refractivity contribution < 1.29 is 4.74 Å². The molecule has 0 radical (unpaired) electrons. The van der Waals surface area contributed by atoms with Gasteiger partial charge in [0.05, 0.1) is 5.60 Å². The van der Waals surface area contributed by atoms with Crippen molar-refractivity contribution in [3.05, 3.63) is 11.6 Å². The summed E-state index contributed by atoms with van der Waals surface area (Å²) < 4.78 is 5.79. The van der Waals surface area contributed by atoms with Crippen LogP contribution in [-0.2, 0) is 4.74 Å². The Morgan fingerprint density at radius 2 is 2.07 bits per heavy atom. The van der Waals surface area contributed by atoms with Gasteiger partial charge in [-0.25, -0.2) is 0 Å². The fourth-order valence-electron chi connectivity index (χ4n) is 1.67. The van der Waals surface area contributed by atoms with Crippen molar-refractivity contribution in [2.24, 2.45) is 0 Å². The maximum absolute atomic E-state index is 5.79. The van der Waals surface area contributed by atoms with Crippen LogP contribution in [0.5, 0.6) is 0 Å². The van der Waals surface area contributed by atoms with Crippen LogP contribution in [0.25, 0.3) is 0 Å². The Morgan fingerprint density at radius 3 is 2.53 bits per heavy atom. The molecule has 0 heterocycles. The van der Waals surface area contributed by atoms with Crippen LogP contribution in [0.2, 0.25) is 0 Å². The van der Waals surface area contributed by atoms with Gasteiger partial charge in [0.15, 0.2) is 0 Å². The average Bonchev–Trinajstić information content (AvgIpc) is 2.18.